The maximum Gasteiger partial charge on any atom is 0.0635 e. The Kier molecular flexibility index (Phi) is 4.49. The lowest BCUT2D eigenvalue weighted by atomic mass is 10.2. The van der Waals surface area contributed by atoms with E-state index in [9.17, 15) is 0 Å². The molecule has 1 rings (SSSR count). The minimum atomic E-state index is 0.639. The average Bonchev–Trinajstić information content (AvgIpc) is 2.53. The van der Waals surface area contributed by atoms with E-state index in [1.54, 1.807) is 0 Å². The maximum absolute atomic E-state index is 8.34. The predicted molar refractivity (Wildman–Crippen MR) is 53.2 cm³/mol. The van der Waals surface area contributed by atoms with Crippen LogP contribution >= 0.6 is 11.8 Å². The molecule has 0 amide bonds. The van der Waals surface area contributed by atoms with Crippen molar-refractivity contribution in [2.45, 2.75) is 37.0 Å². The normalized spacial score (nSPS) is 28.7. The van der Waals surface area contributed by atoms with Crippen LogP contribution in [0.2, 0.25) is 0 Å². The fourth-order valence-electron chi connectivity index (χ4n) is 1.67. The number of nitrogens with one attached hydrogen (secondary N) is 1. The van der Waals surface area contributed by atoms with Crippen molar-refractivity contribution in [2.24, 2.45) is 0 Å². The quantitative estimate of drug-likeness (QED) is 0.676. The summed E-state index contributed by atoms with van der Waals surface area (Å²) >= 11 is 1.97. The van der Waals surface area contributed by atoms with Gasteiger partial charge in [-0.2, -0.15) is 17.0 Å². The van der Waals surface area contributed by atoms with Crippen LogP contribution in [0.1, 0.15) is 25.7 Å². The zero-order valence-corrected chi connectivity index (χ0v) is 8.36. The topological polar surface area (TPSA) is 35.8 Å². The molecule has 0 aliphatic heterocycles. The molecule has 0 bridgehead atoms. The van der Waals surface area contributed by atoms with Gasteiger partial charge >= 0.3 is 0 Å². The number of thioether (sulfide) groups is 1. The first-order chi connectivity index (χ1) is 5.86. The van der Waals surface area contributed by atoms with Crippen LogP contribution in [0, 0.1) is 11.3 Å². The molecule has 0 spiro atoms. The Labute approximate surface area is 78.7 Å². The lowest BCUT2D eigenvalue weighted by Crippen LogP contribution is -2.27. The molecule has 68 valence electrons. The van der Waals surface area contributed by atoms with E-state index in [2.05, 4.69) is 17.6 Å². The predicted octanol–water partition coefficient (Wildman–Crippen LogP) is 1.77. The number of nitriles is 1. The van der Waals surface area contributed by atoms with Crippen molar-refractivity contribution in [1.29, 1.82) is 5.26 Å². The molecule has 1 N–H and O–H groups in total. The third-order valence-corrected chi connectivity index (χ3v) is 3.48. The molecule has 0 saturated heterocycles. The minimum absolute atomic E-state index is 0.639. The van der Waals surface area contributed by atoms with Crippen LogP contribution in [-0.2, 0) is 0 Å². The second kappa shape index (κ2) is 5.45. The molecule has 1 aliphatic carbocycles. The number of hydrogen-bond donors (Lipinski definition) is 1. The lowest BCUT2D eigenvalue weighted by Gasteiger charge is -2.10. The molecule has 12 heavy (non-hydrogen) atoms. The Bertz CT molecular complexity index is 164. The van der Waals surface area contributed by atoms with E-state index < -0.39 is 0 Å². The Morgan fingerprint density at radius 2 is 2.42 bits per heavy atom. The highest BCUT2D eigenvalue weighted by molar-refractivity contribution is 7.99. The van der Waals surface area contributed by atoms with Crippen LogP contribution in [0.5, 0.6) is 0 Å². The van der Waals surface area contributed by atoms with Crippen LogP contribution in [0.15, 0.2) is 0 Å². The van der Waals surface area contributed by atoms with Crippen molar-refractivity contribution >= 4 is 11.8 Å². The summed E-state index contributed by atoms with van der Waals surface area (Å²) in [5.41, 5.74) is 0. The molecule has 1 fully saturated rings. The zero-order valence-electron chi connectivity index (χ0n) is 7.55. The third kappa shape index (κ3) is 3.04. The Morgan fingerprint density at radius 3 is 3.00 bits per heavy atom. The van der Waals surface area contributed by atoms with Crippen LogP contribution < -0.4 is 5.32 Å². The van der Waals surface area contributed by atoms with E-state index in [-0.39, 0.29) is 0 Å². The van der Waals surface area contributed by atoms with Crippen molar-refractivity contribution in [2.75, 3.05) is 12.8 Å². The second-order valence-electron chi connectivity index (χ2n) is 3.23. The Morgan fingerprint density at radius 1 is 1.58 bits per heavy atom. The first-order valence-corrected chi connectivity index (χ1v) is 5.78. The summed E-state index contributed by atoms with van der Waals surface area (Å²) in [6.07, 6.45) is 6.73. The van der Waals surface area contributed by atoms with E-state index in [0.29, 0.717) is 12.5 Å². The van der Waals surface area contributed by atoms with Crippen molar-refractivity contribution in [3.05, 3.63) is 0 Å². The van der Waals surface area contributed by atoms with Crippen molar-refractivity contribution < 1.29 is 0 Å². The van der Waals surface area contributed by atoms with E-state index in [4.69, 9.17) is 5.26 Å². The molecule has 2 unspecified atom stereocenters. The summed E-state index contributed by atoms with van der Waals surface area (Å²) in [4.78, 5) is 0. The van der Waals surface area contributed by atoms with Crippen LogP contribution in [0.25, 0.3) is 0 Å². The molecular weight excluding hydrogens is 168 g/mol. The summed E-state index contributed by atoms with van der Waals surface area (Å²) in [6, 6.07) is 2.83. The molecule has 1 aliphatic rings. The Hall–Kier alpha value is -0.200. The van der Waals surface area contributed by atoms with Gasteiger partial charge in [-0.1, -0.05) is 0 Å². The molecule has 2 nitrogen and oxygen atoms in total. The van der Waals surface area contributed by atoms with E-state index >= 15 is 0 Å². The van der Waals surface area contributed by atoms with Crippen molar-refractivity contribution in [3.8, 4) is 6.07 Å². The molecule has 0 aromatic heterocycles. The van der Waals surface area contributed by atoms with Gasteiger partial charge in [0.05, 0.1) is 6.07 Å². The highest BCUT2D eigenvalue weighted by Crippen LogP contribution is 2.27. The molecule has 0 aromatic rings. The summed E-state index contributed by atoms with van der Waals surface area (Å²) in [5.74, 6) is 0. The molecule has 3 heteroatoms. The third-order valence-electron chi connectivity index (χ3n) is 2.39. The molecule has 0 radical (unpaired) electrons. The van der Waals surface area contributed by atoms with Gasteiger partial charge in [0.25, 0.3) is 0 Å². The van der Waals surface area contributed by atoms with E-state index in [1.807, 2.05) is 11.8 Å². The number of rotatable bonds is 4. The maximum atomic E-state index is 8.34. The number of nitrogens with zero attached hydrogens (tertiary/aromatic N) is 1. The van der Waals surface area contributed by atoms with Gasteiger partial charge in [-0.25, -0.2) is 0 Å². The van der Waals surface area contributed by atoms with Gasteiger partial charge in [0.15, 0.2) is 0 Å². The first-order valence-electron chi connectivity index (χ1n) is 4.50. The summed E-state index contributed by atoms with van der Waals surface area (Å²) in [5, 5.41) is 12.6. The average molecular weight is 184 g/mol. The highest BCUT2D eigenvalue weighted by Gasteiger charge is 2.22. The summed E-state index contributed by atoms with van der Waals surface area (Å²) < 4.78 is 0. The highest BCUT2D eigenvalue weighted by atomic mass is 32.2. The van der Waals surface area contributed by atoms with Gasteiger partial charge in [-0.05, 0) is 25.5 Å². The zero-order chi connectivity index (χ0) is 8.81. The monoisotopic (exact) mass is 184 g/mol. The first kappa shape index (κ1) is 9.88. The fourth-order valence-corrected chi connectivity index (χ4v) is 2.47. The molecular formula is C9H16N2S. The SMILES string of the molecule is CSC1CCC(NCCC#N)C1. The van der Waals surface area contributed by atoms with Gasteiger partial charge in [0.2, 0.25) is 0 Å². The van der Waals surface area contributed by atoms with Crippen molar-refractivity contribution in [1.82, 2.24) is 5.32 Å². The lowest BCUT2D eigenvalue weighted by molar-refractivity contribution is 0.533. The standard InChI is InChI=1S/C9H16N2S/c1-12-9-4-3-8(7-9)11-6-2-5-10/h8-9,11H,2-4,6-7H2,1H3. The van der Waals surface area contributed by atoms with Crippen LogP contribution in [-0.4, -0.2) is 24.1 Å². The number of hydrogen-bond acceptors (Lipinski definition) is 3. The van der Waals surface area contributed by atoms with Crippen LogP contribution in [0.4, 0.5) is 0 Å². The Balaban J connectivity index is 2.07. The molecule has 1 saturated carbocycles. The summed E-state index contributed by atoms with van der Waals surface area (Å²) in [7, 11) is 0. The smallest absolute Gasteiger partial charge is 0.0635 e. The fraction of sp³-hybridized carbons (Fsp3) is 0.889. The van der Waals surface area contributed by atoms with E-state index in [1.165, 1.54) is 19.3 Å². The molecule has 0 aromatic carbocycles. The van der Waals surface area contributed by atoms with Gasteiger partial charge in [0, 0.05) is 24.3 Å². The van der Waals surface area contributed by atoms with Gasteiger partial charge in [-0.15, -0.1) is 0 Å². The van der Waals surface area contributed by atoms with E-state index in [0.717, 1.165) is 11.8 Å². The van der Waals surface area contributed by atoms with Gasteiger partial charge in [-0.3, -0.25) is 0 Å². The minimum Gasteiger partial charge on any atom is -0.313 e. The van der Waals surface area contributed by atoms with Crippen LogP contribution in [0.3, 0.4) is 0 Å². The second-order valence-corrected chi connectivity index (χ2v) is 4.37. The molecule has 0 heterocycles. The van der Waals surface area contributed by atoms with Gasteiger partial charge in [0.1, 0.15) is 0 Å². The van der Waals surface area contributed by atoms with Crippen molar-refractivity contribution in [3.63, 3.8) is 0 Å². The van der Waals surface area contributed by atoms with Gasteiger partial charge < -0.3 is 5.32 Å². The largest absolute Gasteiger partial charge is 0.313 e. The molecule has 2 atom stereocenters. The summed E-state index contributed by atoms with van der Waals surface area (Å²) in [6.45, 7) is 0.863.